The van der Waals surface area contributed by atoms with E-state index in [1.165, 1.54) is 0 Å². The molecule has 0 aliphatic carbocycles. The molecule has 0 radical (unpaired) electrons. The van der Waals surface area contributed by atoms with Crippen LogP contribution in [0.1, 0.15) is 25.7 Å². The first-order valence-electron chi connectivity index (χ1n) is 3.93. The number of nitrogens with zero attached hydrogens (tertiary/aromatic N) is 3. The molecule has 1 rings (SSSR count). The third kappa shape index (κ3) is 2.24. The Hall–Kier alpha value is -1.01. The van der Waals surface area contributed by atoms with Gasteiger partial charge in [0.1, 0.15) is 0 Å². The molecule has 2 unspecified atom stereocenters. The number of H-pyrrole nitrogens is 1. The highest BCUT2D eigenvalue weighted by Crippen LogP contribution is 2.03. The molecule has 0 aliphatic heterocycles. The summed E-state index contributed by atoms with van der Waals surface area (Å²) in [4.78, 5) is 0. The van der Waals surface area contributed by atoms with Crippen LogP contribution in [0.5, 0.6) is 0 Å². The van der Waals surface area contributed by atoms with E-state index < -0.39 is 0 Å². The van der Waals surface area contributed by atoms with Crippen LogP contribution in [0.2, 0.25) is 0 Å². The summed E-state index contributed by atoms with van der Waals surface area (Å²) in [5.41, 5.74) is 5.45. The Labute approximate surface area is 70.9 Å². The molecule has 0 fully saturated rings. The van der Waals surface area contributed by atoms with Gasteiger partial charge in [0.15, 0.2) is 5.82 Å². The normalized spacial score (nSPS) is 15.9. The molecule has 0 amide bonds. The van der Waals surface area contributed by atoms with Gasteiger partial charge in [-0.15, -0.1) is 10.2 Å². The molecule has 0 aromatic carbocycles. The minimum Gasteiger partial charge on any atom is -0.329 e. The van der Waals surface area contributed by atoms with Gasteiger partial charge in [-0.3, -0.25) is 0 Å². The Bertz CT molecular complexity index is 208. The van der Waals surface area contributed by atoms with Crippen LogP contribution in [0.15, 0.2) is 0 Å². The van der Waals surface area contributed by atoms with Crippen molar-refractivity contribution in [2.45, 2.75) is 25.9 Å². The zero-order valence-electron chi connectivity index (χ0n) is 7.28. The van der Waals surface area contributed by atoms with Gasteiger partial charge in [-0.25, -0.2) is 0 Å². The van der Waals surface area contributed by atoms with Crippen LogP contribution in [0, 0.1) is 0 Å². The summed E-state index contributed by atoms with van der Waals surface area (Å²) >= 11 is 0. The van der Waals surface area contributed by atoms with Gasteiger partial charge in [-0.05, 0) is 13.8 Å². The van der Waals surface area contributed by atoms with E-state index in [4.69, 9.17) is 5.73 Å². The number of rotatable bonds is 4. The molecular formula is C6H14N6. The van der Waals surface area contributed by atoms with Gasteiger partial charge in [-0.1, -0.05) is 5.21 Å². The maximum Gasteiger partial charge on any atom is 0.191 e. The Morgan fingerprint density at radius 1 is 1.58 bits per heavy atom. The summed E-state index contributed by atoms with van der Waals surface area (Å²) in [6, 6.07) is 0.348. The van der Waals surface area contributed by atoms with Gasteiger partial charge in [0.25, 0.3) is 0 Å². The van der Waals surface area contributed by atoms with E-state index in [0.29, 0.717) is 12.4 Å². The third-order valence-corrected chi connectivity index (χ3v) is 1.64. The Morgan fingerprint density at radius 2 is 2.33 bits per heavy atom. The first-order chi connectivity index (χ1) is 5.74. The molecule has 1 heterocycles. The van der Waals surface area contributed by atoms with Gasteiger partial charge in [0, 0.05) is 12.6 Å². The second-order valence-corrected chi connectivity index (χ2v) is 2.80. The Kier molecular flexibility index (Phi) is 3.12. The molecule has 0 saturated heterocycles. The fourth-order valence-electron chi connectivity index (χ4n) is 0.922. The van der Waals surface area contributed by atoms with Crippen LogP contribution in [-0.2, 0) is 0 Å². The van der Waals surface area contributed by atoms with Crippen molar-refractivity contribution >= 4 is 0 Å². The maximum absolute atomic E-state index is 5.45. The number of tetrazole rings is 1. The highest BCUT2D eigenvalue weighted by molar-refractivity contribution is 4.87. The van der Waals surface area contributed by atoms with Crippen molar-refractivity contribution in [2.75, 3.05) is 6.54 Å². The zero-order valence-corrected chi connectivity index (χ0v) is 7.28. The minimum absolute atomic E-state index is 0.0855. The molecule has 0 aliphatic rings. The standard InChI is InChI=1S/C6H14N6/c1-4(3-7)8-5(2)6-9-11-12-10-6/h4-5,8H,3,7H2,1-2H3,(H,9,10,11,12). The molecule has 1 aromatic heterocycles. The second kappa shape index (κ2) is 4.13. The Balaban J connectivity index is 2.44. The van der Waals surface area contributed by atoms with Crippen molar-refractivity contribution in [3.05, 3.63) is 5.82 Å². The molecule has 0 bridgehead atoms. The molecule has 6 nitrogen and oxygen atoms in total. The first-order valence-corrected chi connectivity index (χ1v) is 3.93. The number of nitrogens with two attached hydrogens (primary N) is 1. The average molecular weight is 170 g/mol. The van der Waals surface area contributed by atoms with Crippen molar-refractivity contribution in [2.24, 2.45) is 5.73 Å². The lowest BCUT2D eigenvalue weighted by molar-refractivity contribution is 0.469. The smallest absolute Gasteiger partial charge is 0.191 e. The summed E-state index contributed by atoms with van der Waals surface area (Å²) in [5.74, 6) is 0.662. The fourth-order valence-corrected chi connectivity index (χ4v) is 0.922. The van der Waals surface area contributed by atoms with Crippen LogP contribution >= 0.6 is 0 Å². The van der Waals surface area contributed by atoms with Crippen LogP contribution in [0.4, 0.5) is 0 Å². The van der Waals surface area contributed by atoms with E-state index in [2.05, 4.69) is 25.9 Å². The van der Waals surface area contributed by atoms with Gasteiger partial charge >= 0.3 is 0 Å². The van der Waals surface area contributed by atoms with Crippen LogP contribution in [0.25, 0.3) is 0 Å². The molecule has 0 spiro atoms. The van der Waals surface area contributed by atoms with E-state index in [1.54, 1.807) is 0 Å². The van der Waals surface area contributed by atoms with E-state index in [0.717, 1.165) is 0 Å². The van der Waals surface area contributed by atoms with Gasteiger partial charge < -0.3 is 11.1 Å². The predicted octanol–water partition coefficient (Wildman–Crippen LogP) is -0.802. The molecule has 6 heteroatoms. The molecule has 12 heavy (non-hydrogen) atoms. The number of nitrogens with one attached hydrogen (secondary N) is 2. The molecule has 1 aromatic rings. The Morgan fingerprint density at radius 3 is 2.83 bits per heavy atom. The average Bonchev–Trinajstić information content (AvgIpc) is 2.56. The van der Waals surface area contributed by atoms with Crippen molar-refractivity contribution < 1.29 is 0 Å². The van der Waals surface area contributed by atoms with Gasteiger partial charge in [0.05, 0.1) is 6.04 Å². The summed E-state index contributed by atoms with van der Waals surface area (Å²) < 4.78 is 0. The van der Waals surface area contributed by atoms with Gasteiger partial charge in [0.2, 0.25) is 0 Å². The molecule has 68 valence electrons. The van der Waals surface area contributed by atoms with Crippen molar-refractivity contribution in [1.29, 1.82) is 0 Å². The number of hydrogen-bond acceptors (Lipinski definition) is 5. The van der Waals surface area contributed by atoms with E-state index in [9.17, 15) is 0 Å². The zero-order chi connectivity index (χ0) is 8.97. The number of aromatic amines is 1. The topological polar surface area (TPSA) is 92.5 Å². The second-order valence-electron chi connectivity index (χ2n) is 2.80. The largest absolute Gasteiger partial charge is 0.329 e. The quantitative estimate of drug-likeness (QED) is 0.550. The summed E-state index contributed by atoms with van der Waals surface area (Å²) in [6.07, 6.45) is 0. The van der Waals surface area contributed by atoms with E-state index in [-0.39, 0.29) is 12.1 Å². The van der Waals surface area contributed by atoms with Crippen molar-refractivity contribution in [3.8, 4) is 0 Å². The SMILES string of the molecule is CC(CN)NC(C)c1nn[nH]n1. The predicted molar refractivity (Wildman–Crippen MR) is 44.2 cm³/mol. The molecule has 2 atom stereocenters. The van der Waals surface area contributed by atoms with Gasteiger partial charge in [-0.2, -0.15) is 5.21 Å². The van der Waals surface area contributed by atoms with Crippen molar-refractivity contribution in [1.82, 2.24) is 25.9 Å². The maximum atomic E-state index is 5.45. The van der Waals surface area contributed by atoms with Crippen LogP contribution in [-0.4, -0.2) is 33.2 Å². The highest BCUT2D eigenvalue weighted by atomic mass is 15.5. The molecule has 0 saturated carbocycles. The van der Waals surface area contributed by atoms with E-state index >= 15 is 0 Å². The lowest BCUT2D eigenvalue weighted by Crippen LogP contribution is -2.35. The number of hydrogen-bond donors (Lipinski definition) is 3. The monoisotopic (exact) mass is 170 g/mol. The lowest BCUT2D eigenvalue weighted by atomic mass is 10.2. The fraction of sp³-hybridized carbons (Fsp3) is 0.833. The molecular weight excluding hydrogens is 156 g/mol. The van der Waals surface area contributed by atoms with Crippen LogP contribution < -0.4 is 11.1 Å². The third-order valence-electron chi connectivity index (χ3n) is 1.64. The molecule has 4 N–H and O–H groups in total. The van der Waals surface area contributed by atoms with E-state index in [1.807, 2.05) is 13.8 Å². The minimum atomic E-state index is 0.0855. The first kappa shape index (κ1) is 9.08. The lowest BCUT2D eigenvalue weighted by Gasteiger charge is -2.14. The summed E-state index contributed by atoms with van der Waals surface area (Å²) in [5, 5.41) is 16.8. The van der Waals surface area contributed by atoms with Crippen LogP contribution in [0.3, 0.4) is 0 Å². The highest BCUT2D eigenvalue weighted by Gasteiger charge is 2.11. The summed E-state index contributed by atoms with van der Waals surface area (Å²) in [6.45, 7) is 4.58. The summed E-state index contributed by atoms with van der Waals surface area (Å²) in [7, 11) is 0. The van der Waals surface area contributed by atoms with Crippen molar-refractivity contribution in [3.63, 3.8) is 0 Å². The number of aromatic nitrogens is 4.